The Morgan fingerprint density at radius 1 is 1.39 bits per heavy atom. The topological polar surface area (TPSA) is 30.5 Å². The number of methoxy groups -OCH3 is 1. The Morgan fingerprint density at radius 3 is 3.00 bits per heavy atom. The Hall–Kier alpha value is -1.06. The van der Waals surface area contributed by atoms with Crippen molar-refractivity contribution in [3.05, 3.63) is 29.8 Å². The van der Waals surface area contributed by atoms with E-state index in [9.17, 15) is 0 Å². The summed E-state index contributed by atoms with van der Waals surface area (Å²) in [4.78, 5) is 0. The van der Waals surface area contributed by atoms with Crippen LogP contribution >= 0.6 is 0 Å². The monoisotopic (exact) mass is 249 g/mol. The smallest absolute Gasteiger partial charge is 0.123 e. The van der Waals surface area contributed by atoms with E-state index in [0.717, 1.165) is 31.9 Å². The molecular weight excluding hydrogens is 226 g/mol. The summed E-state index contributed by atoms with van der Waals surface area (Å²) in [5.74, 6) is 1.62. The number of ether oxygens (including phenoxy) is 2. The van der Waals surface area contributed by atoms with Gasteiger partial charge in [-0.05, 0) is 24.8 Å². The first-order valence-electron chi connectivity index (χ1n) is 6.79. The third kappa shape index (κ3) is 3.24. The molecule has 2 atom stereocenters. The summed E-state index contributed by atoms with van der Waals surface area (Å²) in [6.45, 7) is 5.00. The van der Waals surface area contributed by atoms with Gasteiger partial charge >= 0.3 is 0 Å². The fourth-order valence-corrected chi connectivity index (χ4v) is 2.62. The van der Waals surface area contributed by atoms with Gasteiger partial charge in [0.2, 0.25) is 0 Å². The predicted molar refractivity (Wildman–Crippen MR) is 72.8 cm³/mol. The van der Waals surface area contributed by atoms with Gasteiger partial charge in [0.15, 0.2) is 0 Å². The highest BCUT2D eigenvalue weighted by Gasteiger charge is 2.25. The van der Waals surface area contributed by atoms with E-state index in [4.69, 9.17) is 9.47 Å². The molecule has 1 aliphatic heterocycles. The van der Waals surface area contributed by atoms with Crippen molar-refractivity contribution in [3.8, 4) is 5.75 Å². The molecule has 1 aliphatic rings. The zero-order chi connectivity index (χ0) is 12.8. The molecular formula is C15H23NO2. The van der Waals surface area contributed by atoms with Crippen molar-refractivity contribution in [2.45, 2.75) is 32.4 Å². The lowest BCUT2D eigenvalue weighted by atomic mass is 9.99. The second-order valence-corrected chi connectivity index (χ2v) is 4.81. The summed E-state index contributed by atoms with van der Waals surface area (Å²) in [5.41, 5.74) is 1.21. The number of hydrogen-bond acceptors (Lipinski definition) is 3. The van der Waals surface area contributed by atoms with Crippen LogP contribution < -0.4 is 10.1 Å². The molecule has 2 rings (SSSR count). The third-order valence-corrected chi connectivity index (χ3v) is 3.66. The van der Waals surface area contributed by atoms with Crippen molar-refractivity contribution < 1.29 is 9.47 Å². The molecule has 0 aromatic heterocycles. The molecule has 0 spiro atoms. The number of nitrogens with one attached hydrogen (secondary N) is 1. The van der Waals surface area contributed by atoms with E-state index in [1.54, 1.807) is 7.11 Å². The van der Waals surface area contributed by atoms with Gasteiger partial charge in [-0.25, -0.2) is 0 Å². The van der Waals surface area contributed by atoms with Gasteiger partial charge in [-0.1, -0.05) is 25.1 Å². The lowest BCUT2D eigenvalue weighted by Gasteiger charge is -2.17. The van der Waals surface area contributed by atoms with Gasteiger partial charge in [0.05, 0.1) is 13.2 Å². The molecule has 0 saturated carbocycles. The highest BCUT2D eigenvalue weighted by Crippen LogP contribution is 2.23. The highest BCUT2D eigenvalue weighted by atomic mass is 16.5. The van der Waals surface area contributed by atoms with Crippen LogP contribution in [-0.4, -0.2) is 26.4 Å². The Labute approximate surface area is 109 Å². The average molecular weight is 249 g/mol. The summed E-state index contributed by atoms with van der Waals surface area (Å²) >= 11 is 0. The minimum atomic E-state index is 0.440. The molecule has 100 valence electrons. The summed E-state index contributed by atoms with van der Waals surface area (Å²) in [6, 6.07) is 8.16. The molecule has 3 heteroatoms. The van der Waals surface area contributed by atoms with E-state index in [-0.39, 0.29) is 0 Å². The fraction of sp³-hybridized carbons (Fsp3) is 0.600. The van der Waals surface area contributed by atoms with Crippen molar-refractivity contribution in [3.63, 3.8) is 0 Å². The molecule has 2 unspecified atom stereocenters. The summed E-state index contributed by atoms with van der Waals surface area (Å²) < 4.78 is 11.0. The predicted octanol–water partition coefficient (Wildman–Crippen LogP) is 2.60. The van der Waals surface area contributed by atoms with E-state index in [1.807, 2.05) is 18.2 Å². The minimum absolute atomic E-state index is 0.440. The van der Waals surface area contributed by atoms with Crippen LogP contribution in [0.5, 0.6) is 5.75 Å². The van der Waals surface area contributed by atoms with Crippen LogP contribution in [0.25, 0.3) is 0 Å². The van der Waals surface area contributed by atoms with Gasteiger partial charge in [-0.3, -0.25) is 0 Å². The summed E-state index contributed by atoms with van der Waals surface area (Å²) in [6.07, 6.45) is 2.73. The maximum Gasteiger partial charge on any atom is 0.123 e. The number of para-hydroxylation sites is 1. The van der Waals surface area contributed by atoms with Crippen molar-refractivity contribution >= 4 is 0 Å². The van der Waals surface area contributed by atoms with Crippen LogP contribution in [0.3, 0.4) is 0 Å². The Bertz CT molecular complexity index is 367. The third-order valence-electron chi connectivity index (χ3n) is 3.66. The van der Waals surface area contributed by atoms with Gasteiger partial charge < -0.3 is 14.8 Å². The molecule has 3 nitrogen and oxygen atoms in total. The summed E-state index contributed by atoms with van der Waals surface area (Å²) in [5, 5.41) is 3.52. The van der Waals surface area contributed by atoms with Crippen molar-refractivity contribution in [2.24, 2.45) is 5.92 Å². The molecule has 1 fully saturated rings. The van der Waals surface area contributed by atoms with Gasteiger partial charge in [-0.2, -0.15) is 0 Å². The van der Waals surface area contributed by atoms with Crippen LogP contribution in [0, 0.1) is 5.92 Å². The normalized spacial score (nSPS) is 23.2. The van der Waals surface area contributed by atoms with Crippen LogP contribution in [-0.2, 0) is 11.3 Å². The second-order valence-electron chi connectivity index (χ2n) is 4.81. The molecule has 0 aliphatic carbocycles. The van der Waals surface area contributed by atoms with Crippen LogP contribution in [0.15, 0.2) is 24.3 Å². The van der Waals surface area contributed by atoms with E-state index in [1.165, 1.54) is 12.0 Å². The zero-order valence-electron chi connectivity index (χ0n) is 11.3. The molecule has 0 amide bonds. The molecule has 1 aromatic carbocycles. The van der Waals surface area contributed by atoms with Crippen molar-refractivity contribution in [2.75, 3.05) is 20.3 Å². The fourth-order valence-electron chi connectivity index (χ4n) is 2.62. The Balaban J connectivity index is 1.81. The quantitative estimate of drug-likeness (QED) is 0.840. The largest absolute Gasteiger partial charge is 0.496 e. The maximum absolute atomic E-state index is 5.70. The van der Waals surface area contributed by atoms with Gasteiger partial charge in [0.25, 0.3) is 0 Å². The van der Waals surface area contributed by atoms with Crippen molar-refractivity contribution in [1.29, 1.82) is 0 Å². The maximum atomic E-state index is 5.70. The van der Waals surface area contributed by atoms with Crippen LogP contribution in [0.1, 0.15) is 25.3 Å². The molecule has 18 heavy (non-hydrogen) atoms. The van der Waals surface area contributed by atoms with E-state index < -0.39 is 0 Å². The van der Waals surface area contributed by atoms with Gasteiger partial charge in [-0.15, -0.1) is 0 Å². The lowest BCUT2D eigenvalue weighted by molar-refractivity contribution is 0.0872. The first-order valence-corrected chi connectivity index (χ1v) is 6.79. The molecule has 1 aromatic rings. The zero-order valence-corrected chi connectivity index (χ0v) is 11.3. The first kappa shape index (κ1) is 13.4. The number of rotatable bonds is 6. The van der Waals surface area contributed by atoms with Crippen LogP contribution in [0.4, 0.5) is 0 Å². The standard InChI is InChI=1S/C15H23NO2/c1-3-14-13(8-9-18-14)11-16-10-12-6-4-5-7-15(12)17-2/h4-7,13-14,16H,3,8-11H2,1-2H3. The van der Waals surface area contributed by atoms with Crippen molar-refractivity contribution in [1.82, 2.24) is 5.32 Å². The molecule has 0 bridgehead atoms. The van der Waals surface area contributed by atoms with Crippen LogP contribution in [0.2, 0.25) is 0 Å². The molecule has 1 saturated heterocycles. The SMILES string of the molecule is CCC1OCCC1CNCc1ccccc1OC. The number of hydrogen-bond donors (Lipinski definition) is 1. The molecule has 1 heterocycles. The molecule has 0 radical (unpaired) electrons. The Kier molecular flexibility index (Phi) is 5.02. The Morgan fingerprint density at radius 2 is 2.22 bits per heavy atom. The summed E-state index contributed by atoms with van der Waals surface area (Å²) in [7, 11) is 1.72. The van der Waals surface area contributed by atoms with E-state index in [2.05, 4.69) is 18.3 Å². The van der Waals surface area contributed by atoms with Gasteiger partial charge in [0, 0.05) is 25.3 Å². The van der Waals surface area contributed by atoms with Gasteiger partial charge in [0.1, 0.15) is 5.75 Å². The molecule has 1 N–H and O–H groups in total. The lowest BCUT2D eigenvalue weighted by Crippen LogP contribution is -2.28. The first-order chi connectivity index (χ1) is 8.85. The van der Waals surface area contributed by atoms with E-state index >= 15 is 0 Å². The second kappa shape index (κ2) is 6.76. The minimum Gasteiger partial charge on any atom is -0.496 e. The van der Waals surface area contributed by atoms with E-state index in [0.29, 0.717) is 12.0 Å². The average Bonchev–Trinajstić information content (AvgIpc) is 2.87. The number of benzene rings is 1. The highest BCUT2D eigenvalue weighted by molar-refractivity contribution is 5.32.